The molecule has 11 heavy (non-hydrogen) atoms. The van der Waals surface area contributed by atoms with Crippen LogP contribution in [0.1, 0.15) is 51.9 Å². The standard InChI is InChI=1S/C10H21N/c1-2-3-4-5-6-10(11)9-7-8-9/h9-10H,2-8,11H2,1H3. The molecule has 0 heterocycles. The van der Waals surface area contributed by atoms with E-state index in [4.69, 9.17) is 5.73 Å². The van der Waals surface area contributed by atoms with Gasteiger partial charge in [-0.1, -0.05) is 32.6 Å². The van der Waals surface area contributed by atoms with Crippen LogP contribution in [-0.2, 0) is 0 Å². The average Bonchev–Trinajstić information content (AvgIpc) is 2.79. The highest BCUT2D eigenvalue weighted by molar-refractivity contribution is 4.83. The lowest BCUT2D eigenvalue weighted by Crippen LogP contribution is -2.21. The van der Waals surface area contributed by atoms with E-state index in [0.717, 1.165) is 5.92 Å². The van der Waals surface area contributed by atoms with Gasteiger partial charge in [-0.05, 0) is 25.2 Å². The quantitative estimate of drug-likeness (QED) is 0.586. The van der Waals surface area contributed by atoms with Crippen LogP contribution in [0.2, 0.25) is 0 Å². The lowest BCUT2D eigenvalue weighted by molar-refractivity contribution is 0.507. The van der Waals surface area contributed by atoms with Gasteiger partial charge in [-0.3, -0.25) is 0 Å². The summed E-state index contributed by atoms with van der Waals surface area (Å²) in [5.41, 5.74) is 5.96. The van der Waals surface area contributed by atoms with Gasteiger partial charge in [0.15, 0.2) is 0 Å². The van der Waals surface area contributed by atoms with Crippen LogP contribution < -0.4 is 5.73 Å². The number of hydrogen-bond acceptors (Lipinski definition) is 1. The summed E-state index contributed by atoms with van der Waals surface area (Å²) in [6, 6.07) is 0.534. The monoisotopic (exact) mass is 155 g/mol. The number of hydrogen-bond donors (Lipinski definition) is 1. The lowest BCUT2D eigenvalue weighted by atomic mass is 10.0. The molecule has 0 aromatic rings. The second-order valence-electron chi connectivity index (χ2n) is 3.85. The Morgan fingerprint density at radius 2 is 2.00 bits per heavy atom. The highest BCUT2D eigenvalue weighted by Gasteiger charge is 2.27. The van der Waals surface area contributed by atoms with Gasteiger partial charge in [0.05, 0.1) is 0 Å². The smallest absolute Gasteiger partial charge is 0.00671 e. The molecule has 1 aliphatic carbocycles. The molecule has 1 heteroatoms. The molecular weight excluding hydrogens is 134 g/mol. The van der Waals surface area contributed by atoms with E-state index in [1.807, 2.05) is 0 Å². The van der Waals surface area contributed by atoms with Crippen molar-refractivity contribution >= 4 is 0 Å². The van der Waals surface area contributed by atoms with E-state index in [1.165, 1.54) is 44.9 Å². The molecule has 1 fully saturated rings. The Kier molecular flexibility index (Phi) is 3.92. The summed E-state index contributed by atoms with van der Waals surface area (Å²) >= 11 is 0. The third-order valence-electron chi connectivity index (χ3n) is 2.62. The van der Waals surface area contributed by atoms with E-state index >= 15 is 0 Å². The fourth-order valence-electron chi connectivity index (χ4n) is 1.57. The van der Waals surface area contributed by atoms with Crippen molar-refractivity contribution in [1.29, 1.82) is 0 Å². The van der Waals surface area contributed by atoms with Gasteiger partial charge in [-0.15, -0.1) is 0 Å². The van der Waals surface area contributed by atoms with Crippen LogP contribution in [0.5, 0.6) is 0 Å². The normalized spacial score (nSPS) is 20.2. The van der Waals surface area contributed by atoms with Gasteiger partial charge in [0.2, 0.25) is 0 Å². The highest BCUT2D eigenvalue weighted by atomic mass is 14.7. The largest absolute Gasteiger partial charge is 0.327 e. The van der Waals surface area contributed by atoms with Gasteiger partial charge >= 0.3 is 0 Å². The summed E-state index contributed by atoms with van der Waals surface area (Å²) in [4.78, 5) is 0. The predicted octanol–water partition coefficient (Wildman–Crippen LogP) is 2.69. The second-order valence-corrected chi connectivity index (χ2v) is 3.85. The Hall–Kier alpha value is -0.0400. The Bertz CT molecular complexity index is 97.0. The summed E-state index contributed by atoms with van der Waals surface area (Å²) < 4.78 is 0. The van der Waals surface area contributed by atoms with Crippen LogP contribution in [0.15, 0.2) is 0 Å². The zero-order valence-electron chi connectivity index (χ0n) is 7.68. The first-order chi connectivity index (χ1) is 5.34. The highest BCUT2D eigenvalue weighted by Crippen LogP contribution is 2.33. The molecule has 0 spiro atoms. The predicted molar refractivity (Wildman–Crippen MR) is 49.5 cm³/mol. The molecular formula is C10H21N. The van der Waals surface area contributed by atoms with Crippen LogP contribution in [0.4, 0.5) is 0 Å². The molecule has 1 rings (SSSR count). The molecule has 0 aliphatic heterocycles. The molecule has 66 valence electrons. The molecule has 2 N–H and O–H groups in total. The van der Waals surface area contributed by atoms with Crippen molar-refractivity contribution in [1.82, 2.24) is 0 Å². The first kappa shape index (κ1) is 9.05. The molecule has 0 saturated heterocycles. The van der Waals surface area contributed by atoms with E-state index in [0.29, 0.717) is 6.04 Å². The van der Waals surface area contributed by atoms with Crippen LogP contribution in [-0.4, -0.2) is 6.04 Å². The molecule has 0 amide bonds. The van der Waals surface area contributed by atoms with Gasteiger partial charge < -0.3 is 5.73 Å². The molecule has 0 radical (unpaired) electrons. The topological polar surface area (TPSA) is 26.0 Å². The van der Waals surface area contributed by atoms with Crippen molar-refractivity contribution in [3.05, 3.63) is 0 Å². The zero-order valence-corrected chi connectivity index (χ0v) is 7.68. The first-order valence-corrected chi connectivity index (χ1v) is 5.10. The maximum absolute atomic E-state index is 5.96. The van der Waals surface area contributed by atoms with Crippen molar-refractivity contribution in [3.8, 4) is 0 Å². The fraction of sp³-hybridized carbons (Fsp3) is 1.00. The van der Waals surface area contributed by atoms with E-state index in [2.05, 4.69) is 6.92 Å². The molecule has 1 unspecified atom stereocenters. The number of nitrogens with two attached hydrogens (primary N) is 1. The van der Waals surface area contributed by atoms with Crippen LogP contribution in [0, 0.1) is 5.92 Å². The zero-order chi connectivity index (χ0) is 8.10. The van der Waals surface area contributed by atoms with Gasteiger partial charge in [0, 0.05) is 6.04 Å². The third kappa shape index (κ3) is 3.76. The van der Waals surface area contributed by atoms with Gasteiger partial charge in [0.1, 0.15) is 0 Å². The number of unbranched alkanes of at least 4 members (excludes halogenated alkanes) is 3. The summed E-state index contributed by atoms with van der Waals surface area (Å²) in [5, 5.41) is 0. The Morgan fingerprint density at radius 3 is 2.55 bits per heavy atom. The minimum atomic E-state index is 0.534. The molecule has 1 nitrogen and oxygen atoms in total. The summed E-state index contributed by atoms with van der Waals surface area (Å²) in [5.74, 6) is 0.900. The average molecular weight is 155 g/mol. The fourth-order valence-corrected chi connectivity index (χ4v) is 1.57. The van der Waals surface area contributed by atoms with Crippen LogP contribution in [0.3, 0.4) is 0 Å². The maximum atomic E-state index is 5.96. The Morgan fingerprint density at radius 1 is 1.27 bits per heavy atom. The van der Waals surface area contributed by atoms with Crippen molar-refractivity contribution in [2.24, 2.45) is 11.7 Å². The second kappa shape index (κ2) is 4.76. The van der Waals surface area contributed by atoms with E-state index in [9.17, 15) is 0 Å². The van der Waals surface area contributed by atoms with Crippen LogP contribution in [0.25, 0.3) is 0 Å². The van der Waals surface area contributed by atoms with E-state index < -0.39 is 0 Å². The Labute approximate surface area is 70.4 Å². The van der Waals surface area contributed by atoms with Crippen molar-refractivity contribution in [2.45, 2.75) is 57.9 Å². The first-order valence-electron chi connectivity index (χ1n) is 5.10. The SMILES string of the molecule is CCCCCCC(N)C1CC1. The maximum Gasteiger partial charge on any atom is 0.00671 e. The molecule has 0 aromatic heterocycles. The summed E-state index contributed by atoms with van der Waals surface area (Å²) in [6.07, 6.45) is 9.52. The van der Waals surface area contributed by atoms with Gasteiger partial charge in [-0.25, -0.2) is 0 Å². The summed E-state index contributed by atoms with van der Waals surface area (Å²) in [6.45, 7) is 2.25. The van der Waals surface area contributed by atoms with E-state index in [1.54, 1.807) is 0 Å². The van der Waals surface area contributed by atoms with Crippen LogP contribution >= 0.6 is 0 Å². The minimum absolute atomic E-state index is 0.534. The Balaban J connectivity index is 1.85. The molecule has 0 bridgehead atoms. The number of rotatable bonds is 6. The van der Waals surface area contributed by atoms with Gasteiger partial charge in [0.25, 0.3) is 0 Å². The summed E-state index contributed by atoms with van der Waals surface area (Å²) in [7, 11) is 0. The minimum Gasteiger partial charge on any atom is -0.327 e. The molecule has 0 aromatic carbocycles. The molecule has 1 aliphatic rings. The van der Waals surface area contributed by atoms with Gasteiger partial charge in [-0.2, -0.15) is 0 Å². The van der Waals surface area contributed by atoms with Crippen molar-refractivity contribution < 1.29 is 0 Å². The third-order valence-corrected chi connectivity index (χ3v) is 2.62. The van der Waals surface area contributed by atoms with E-state index in [-0.39, 0.29) is 0 Å². The molecule has 1 saturated carbocycles. The lowest BCUT2D eigenvalue weighted by Gasteiger charge is -2.08. The molecule has 1 atom stereocenters. The van der Waals surface area contributed by atoms with Crippen molar-refractivity contribution in [2.75, 3.05) is 0 Å². The van der Waals surface area contributed by atoms with Crippen molar-refractivity contribution in [3.63, 3.8) is 0 Å².